The molecule has 2 heterocycles. The summed E-state index contributed by atoms with van der Waals surface area (Å²) in [5.41, 5.74) is 11.1. The van der Waals surface area contributed by atoms with Gasteiger partial charge in [0.15, 0.2) is 5.82 Å². The number of allylic oxidation sites excluding steroid dienone is 2. The van der Waals surface area contributed by atoms with Crippen LogP contribution in [0.1, 0.15) is 13.8 Å². The van der Waals surface area contributed by atoms with E-state index in [9.17, 15) is 0 Å². The molecule has 0 amide bonds. The maximum atomic E-state index is 5.89. The van der Waals surface area contributed by atoms with Gasteiger partial charge in [-0.25, -0.2) is 0 Å². The summed E-state index contributed by atoms with van der Waals surface area (Å²) in [6.45, 7) is 4.82. The van der Waals surface area contributed by atoms with Gasteiger partial charge in [0.1, 0.15) is 0 Å². The number of fused-ring (bicyclic) bond motifs is 1. The number of aromatic nitrogens is 3. The van der Waals surface area contributed by atoms with E-state index < -0.39 is 0 Å². The van der Waals surface area contributed by atoms with Crippen LogP contribution in [-0.4, -0.2) is 21.7 Å². The molecule has 0 bridgehead atoms. The van der Waals surface area contributed by atoms with E-state index in [1.165, 1.54) is 5.57 Å². The maximum absolute atomic E-state index is 5.89. The van der Waals surface area contributed by atoms with E-state index in [2.05, 4.69) is 38.7 Å². The summed E-state index contributed by atoms with van der Waals surface area (Å²) in [6.07, 6.45) is 9.92. The molecule has 0 fully saturated rings. The molecule has 4 N–H and O–H groups in total. The summed E-state index contributed by atoms with van der Waals surface area (Å²) in [5.74, 6) is 0.512. The first-order valence-electron chi connectivity index (χ1n) is 7.92. The Bertz CT molecular complexity index is 905. The van der Waals surface area contributed by atoms with E-state index in [0.29, 0.717) is 5.82 Å². The van der Waals surface area contributed by atoms with Gasteiger partial charge in [0.05, 0.1) is 11.2 Å². The molecule has 5 nitrogen and oxygen atoms in total. The minimum Gasteiger partial charge on any atom is -0.382 e. The number of anilines is 2. The fraction of sp³-hybridized carbons (Fsp3) is 0.158. The summed E-state index contributed by atoms with van der Waals surface area (Å²) < 4.78 is 0. The number of H-pyrrole nitrogens is 1. The van der Waals surface area contributed by atoms with E-state index in [1.807, 2.05) is 50.5 Å². The van der Waals surface area contributed by atoms with Gasteiger partial charge in [0.25, 0.3) is 0 Å². The lowest BCUT2D eigenvalue weighted by molar-refractivity contribution is 1.13. The second-order valence-corrected chi connectivity index (χ2v) is 5.55. The molecule has 1 aromatic carbocycles. The highest BCUT2D eigenvalue weighted by atomic mass is 15.1. The van der Waals surface area contributed by atoms with E-state index in [-0.39, 0.29) is 0 Å². The number of nitrogens with zero attached hydrogens (tertiary/aromatic N) is 2. The van der Waals surface area contributed by atoms with Gasteiger partial charge >= 0.3 is 0 Å². The highest BCUT2D eigenvalue weighted by Crippen LogP contribution is 2.27. The van der Waals surface area contributed by atoms with Gasteiger partial charge in [-0.15, -0.1) is 0 Å². The Morgan fingerprint density at radius 1 is 1.21 bits per heavy atom. The van der Waals surface area contributed by atoms with Crippen LogP contribution in [0.4, 0.5) is 11.5 Å². The van der Waals surface area contributed by atoms with Gasteiger partial charge in [-0.2, -0.15) is 5.10 Å². The molecule has 3 rings (SSSR count). The molecule has 0 radical (unpaired) electrons. The van der Waals surface area contributed by atoms with Crippen molar-refractivity contribution in [2.45, 2.75) is 13.8 Å². The van der Waals surface area contributed by atoms with Gasteiger partial charge in [-0.3, -0.25) is 10.1 Å². The highest BCUT2D eigenvalue weighted by Gasteiger charge is 2.06. The molecule has 0 spiro atoms. The minimum atomic E-state index is 0.512. The Kier molecular flexibility index (Phi) is 4.61. The molecule has 0 aliphatic heterocycles. The van der Waals surface area contributed by atoms with E-state index >= 15 is 0 Å². The van der Waals surface area contributed by atoms with E-state index in [1.54, 1.807) is 0 Å². The quantitative estimate of drug-likeness (QED) is 0.617. The van der Waals surface area contributed by atoms with Crippen molar-refractivity contribution < 1.29 is 0 Å². The fourth-order valence-electron chi connectivity index (χ4n) is 2.58. The molecule has 24 heavy (non-hydrogen) atoms. The van der Waals surface area contributed by atoms with Crippen LogP contribution in [0.5, 0.6) is 0 Å². The lowest BCUT2D eigenvalue weighted by Gasteiger charge is -2.09. The first-order valence-corrected chi connectivity index (χ1v) is 7.92. The standard InChI is InChI=1S/C19H21N5/c1-3-5-13(4-2)10-22-16-8-15(11-21-12-16)14-6-7-18-17(9-14)19(20)24-23-18/h3-9,11-12,22H,10H2,1-2H3,(H3,20,23,24)/b5-3-,13-4+. The zero-order chi connectivity index (χ0) is 16.9. The van der Waals surface area contributed by atoms with Crippen molar-refractivity contribution in [2.24, 2.45) is 0 Å². The molecular formula is C19H21N5. The van der Waals surface area contributed by atoms with Crippen molar-refractivity contribution in [2.75, 3.05) is 17.6 Å². The Morgan fingerprint density at radius 2 is 2.08 bits per heavy atom. The lowest BCUT2D eigenvalue weighted by Crippen LogP contribution is -2.03. The van der Waals surface area contributed by atoms with Gasteiger partial charge in [0, 0.05) is 29.9 Å². The number of aromatic amines is 1. The third-order valence-corrected chi connectivity index (χ3v) is 3.91. The molecule has 0 aliphatic carbocycles. The zero-order valence-corrected chi connectivity index (χ0v) is 13.9. The van der Waals surface area contributed by atoms with Crippen LogP contribution in [0, 0.1) is 0 Å². The number of nitrogens with two attached hydrogens (primary N) is 1. The summed E-state index contributed by atoms with van der Waals surface area (Å²) >= 11 is 0. The van der Waals surface area contributed by atoms with Crippen LogP contribution < -0.4 is 11.1 Å². The van der Waals surface area contributed by atoms with Crippen molar-refractivity contribution in [1.29, 1.82) is 0 Å². The van der Waals surface area contributed by atoms with Crippen molar-refractivity contribution in [3.05, 3.63) is 60.5 Å². The first-order chi connectivity index (χ1) is 11.7. The van der Waals surface area contributed by atoms with Gasteiger partial charge in [-0.05, 0) is 43.2 Å². The van der Waals surface area contributed by atoms with Crippen molar-refractivity contribution in [3.63, 3.8) is 0 Å². The Morgan fingerprint density at radius 3 is 2.88 bits per heavy atom. The van der Waals surface area contributed by atoms with Gasteiger partial charge in [0.2, 0.25) is 0 Å². The Hall–Kier alpha value is -3.08. The first kappa shape index (κ1) is 15.8. The summed E-state index contributed by atoms with van der Waals surface area (Å²) in [5, 5.41) is 11.3. The number of benzene rings is 1. The summed E-state index contributed by atoms with van der Waals surface area (Å²) in [7, 11) is 0. The third-order valence-electron chi connectivity index (χ3n) is 3.91. The van der Waals surface area contributed by atoms with Crippen LogP contribution in [0.25, 0.3) is 22.0 Å². The molecule has 3 aromatic rings. The number of pyridine rings is 1. The van der Waals surface area contributed by atoms with Crippen molar-refractivity contribution in [1.82, 2.24) is 15.2 Å². The average Bonchev–Trinajstić information content (AvgIpc) is 2.99. The molecular weight excluding hydrogens is 298 g/mol. The van der Waals surface area contributed by atoms with E-state index in [4.69, 9.17) is 5.73 Å². The molecule has 2 aromatic heterocycles. The smallest absolute Gasteiger partial charge is 0.153 e. The van der Waals surface area contributed by atoms with Crippen LogP contribution in [0.2, 0.25) is 0 Å². The second-order valence-electron chi connectivity index (χ2n) is 5.55. The molecule has 0 unspecified atom stereocenters. The van der Waals surface area contributed by atoms with Crippen LogP contribution in [-0.2, 0) is 0 Å². The Balaban J connectivity index is 1.85. The number of rotatable bonds is 5. The maximum Gasteiger partial charge on any atom is 0.153 e. The monoisotopic (exact) mass is 319 g/mol. The van der Waals surface area contributed by atoms with Crippen molar-refractivity contribution >= 4 is 22.4 Å². The number of nitrogens with one attached hydrogen (secondary N) is 2. The van der Waals surface area contributed by atoms with Crippen molar-refractivity contribution in [3.8, 4) is 11.1 Å². The lowest BCUT2D eigenvalue weighted by atomic mass is 10.1. The average molecular weight is 319 g/mol. The minimum absolute atomic E-state index is 0.512. The van der Waals surface area contributed by atoms with Crippen LogP contribution in [0.3, 0.4) is 0 Å². The zero-order valence-electron chi connectivity index (χ0n) is 13.9. The molecule has 0 atom stereocenters. The number of hydrogen-bond donors (Lipinski definition) is 3. The van der Waals surface area contributed by atoms with Gasteiger partial charge < -0.3 is 11.1 Å². The largest absolute Gasteiger partial charge is 0.382 e. The molecule has 5 heteroatoms. The SMILES string of the molecule is C/C=C\C(=C/C)CNc1cncc(-c2ccc3[nH]nc(N)c3c2)c1. The molecule has 0 saturated heterocycles. The van der Waals surface area contributed by atoms with Crippen LogP contribution in [0.15, 0.2) is 60.5 Å². The highest BCUT2D eigenvalue weighted by molar-refractivity contribution is 5.92. The predicted molar refractivity (Wildman–Crippen MR) is 101 cm³/mol. The Labute approximate surface area is 141 Å². The molecule has 122 valence electrons. The number of nitrogen functional groups attached to an aromatic ring is 1. The van der Waals surface area contributed by atoms with Crippen LogP contribution >= 0.6 is 0 Å². The molecule has 0 aliphatic rings. The van der Waals surface area contributed by atoms with E-state index in [0.717, 1.165) is 34.3 Å². The topological polar surface area (TPSA) is 79.6 Å². The summed E-state index contributed by atoms with van der Waals surface area (Å²) in [4.78, 5) is 4.35. The fourth-order valence-corrected chi connectivity index (χ4v) is 2.58. The predicted octanol–water partition coefficient (Wildman–Crippen LogP) is 4.14. The number of hydrogen-bond acceptors (Lipinski definition) is 4. The summed E-state index contributed by atoms with van der Waals surface area (Å²) in [6, 6.07) is 8.15. The normalized spacial score (nSPS) is 12.2. The second kappa shape index (κ2) is 7.00. The third kappa shape index (κ3) is 3.30. The molecule has 0 saturated carbocycles. The van der Waals surface area contributed by atoms with Gasteiger partial charge in [-0.1, -0.05) is 24.3 Å².